The van der Waals surface area contributed by atoms with E-state index in [1.165, 1.54) is 18.3 Å². The zero-order chi connectivity index (χ0) is 16.2. The van der Waals surface area contributed by atoms with Crippen LogP contribution in [0.25, 0.3) is 0 Å². The normalized spacial score (nSPS) is 10.4. The lowest BCUT2D eigenvalue weighted by Gasteiger charge is -2.08. The minimum absolute atomic E-state index is 0.0246. The molecule has 3 aromatic rings. The zero-order valence-electron chi connectivity index (χ0n) is 11.6. The number of benzene rings is 2. The maximum absolute atomic E-state index is 13.2. The van der Waals surface area contributed by atoms with Gasteiger partial charge in [-0.2, -0.15) is 10.1 Å². The van der Waals surface area contributed by atoms with Crippen molar-refractivity contribution in [1.29, 1.82) is 0 Å². The largest absolute Gasteiger partial charge is 0.339 e. The van der Waals surface area contributed by atoms with E-state index in [9.17, 15) is 4.39 Å². The van der Waals surface area contributed by atoms with Gasteiger partial charge in [-0.05, 0) is 42.5 Å². The van der Waals surface area contributed by atoms with E-state index in [2.05, 4.69) is 25.8 Å². The Morgan fingerprint density at radius 3 is 2.39 bits per heavy atom. The van der Waals surface area contributed by atoms with Crippen LogP contribution in [0.5, 0.6) is 0 Å². The SMILES string of the molecule is Fc1ccc(Nc2cnnc(Nc3ccc(Cl)cc3)n2)cc1Cl. The van der Waals surface area contributed by atoms with Gasteiger partial charge >= 0.3 is 0 Å². The summed E-state index contributed by atoms with van der Waals surface area (Å²) in [6.45, 7) is 0. The molecule has 0 radical (unpaired) electrons. The minimum atomic E-state index is -0.483. The first-order valence-electron chi connectivity index (χ1n) is 6.54. The van der Waals surface area contributed by atoms with Gasteiger partial charge in [-0.3, -0.25) is 0 Å². The molecule has 23 heavy (non-hydrogen) atoms. The molecule has 116 valence electrons. The van der Waals surface area contributed by atoms with Crippen LogP contribution in [0, 0.1) is 5.82 Å². The van der Waals surface area contributed by atoms with E-state index < -0.39 is 5.82 Å². The Morgan fingerprint density at radius 2 is 1.65 bits per heavy atom. The summed E-state index contributed by atoms with van der Waals surface area (Å²) in [5.41, 5.74) is 1.37. The average Bonchev–Trinajstić information content (AvgIpc) is 2.54. The topological polar surface area (TPSA) is 62.7 Å². The Balaban J connectivity index is 1.76. The van der Waals surface area contributed by atoms with Crippen molar-refractivity contribution < 1.29 is 4.39 Å². The number of hydrogen-bond acceptors (Lipinski definition) is 5. The fourth-order valence-electron chi connectivity index (χ4n) is 1.80. The van der Waals surface area contributed by atoms with E-state index in [1.54, 1.807) is 30.3 Å². The van der Waals surface area contributed by atoms with E-state index in [0.717, 1.165) is 5.69 Å². The third-order valence-electron chi connectivity index (χ3n) is 2.85. The van der Waals surface area contributed by atoms with Crippen molar-refractivity contribution in [2.75, 3.05) is 10.6 Å². The average molecular weight is 350 g/mol. The van der Waals surface area contributed by atoms with Crippen LogP contribution in [0.2, 0.25) is 10.0 Å². The molecule has 0 saturated heterocycles. The third kappa shape index (κ3) is 4.06. The van der Waals surface area contributed by atoms with Gasteiger partial charge in [0.25, 0.3) is 0 Å². The van der Waals surface area contributed by atoms with Crippen molar-refractivity contribution in [3.63, 3.8) is 0 Å². The fraction of sp³-hybridized carbons (Fsp3) is 0. The quantitative estimate of drug-likeness (QED) is 0.707. The molecule has 0 aliphatic heterocycles. The fourth-order valence-corrected chi connectivity index (χ4v) is 2.11. The summed E-state index contributed by atoms with van der Waals surface area (Å²) in [6, 6.07) is 11.4. The van der Waals surface area contributed by atoms with Crippen molar-refractivity contribution >= 4 is 46.3 Å². The molecule has 5 nitrogen and oxygen atoms in total. The van der Waals surface area contributed by atoms with Crippen LogP contribution in [-0.4, -0.2) is 15.2 Å². The first-order valence-corrected chi connectivity index (χ1v) is 7.30. The standard InChI is InChI=1S/C15H10Cl2FN5/c16-9-1-3-10(4-2-9)21-15-22-14(8-19-23-15)20-11-5-6-13(18)12(17)7-11/h1-8H,(H2,20,21,22,23). The summed E-state index contributed by atoms with van der Waals surface area (Å²) in [4.78, 5) is 4.27. The molecule has 0 saturated carbocycles. The highest BCUT2D eigenvalue weighted by Crippen LogP contribution is 2.22. The van der Waals surface area contributed by atoms with E-state index in [4.69, 9.17) is 23.2 Å². The predicted octanol–water partition coefficient (Wildman–Crippen LogP) is 4.80. The van der Waals surface area contributed by atoms with Crippen LogP contribution in [-0.2, 0) is 0 Å². The van der Waals surface area contributed by atoms with Gasteiger partial charge in [0.15, 0.2) is 5.82 Å². The summed E-state index contributed by atoms with van der Waals surface area (Å²) in [5.74, 6) is 0.271. The van der Waals surface area contributed by atoms with Crippen LogP contribution in [0.15, 0.2) is 48.7 Å². The molecule has 1 aromatic heterocycles. The lowest BCUT2D eigenvalue weighted by molar-refractivity contribution is 0.628. The van der Waals surface area contributed by atoms with Crippen LogP contribution in [0.4, 0.5) is 27.5 Å². The number of halogens is 3. The lowest BCUT2D eigenvalue weighted by Crippen LogP contribution is -2.02. The maximum Gasteiger partial charge on any atom is 0.249 e. The molecule has 3 rings (SSSR count). The Bertz CT molecular complexity index is 826. The molecule has 0 atom stereocenters. The van der Waals surface area contributed by atoms with Crippen molar-refractivity contribution in [2.24, 2.45) is 0 Å². The highest BCUT2D eigenvalue weighted by atomic mass is 35.5. The van der Waals surface area contributed by atoms with Crippen molar-refractivity contribution in [3.05, 3.63) is 64.5 Å². The zero-order valence-corrected chi connectivity index (χ0v) is 13.1. The van der Waals surface area contributed by atoms with Gasteiger partial charge < -0.3 is 10.6 Å². The number of aromatic nitrogens is 3. The molecule has 2 aromatic carbocycles. The number of rotatable bonds is 4. The number of hydrogen-bond donors (Lipinski definition) is 2. The first kappa shape index (κ1) is 15.5. The molecule has 0 aliphatic rings. The van der Waals surface area contributed by atoms with E-state index >= 15 is 0 Å². The minimum Gasteiger partial charge on any atom is -0.339 e. The summed E-state index contributed by atoms with van der Waals surface area (Å²) < 4.78 is 13.2. The summed E-state index contributed by atoms with van der Waals surface area (Å²) in [7, 11) is 0. The smallest absolute Gasteiger partial charge is 0.249 e. The predicted molar refractivity (Wildman–Crippen MR) is 89.3 cm³/mol. The molecule has 0 fully saturated rings. The summed E-state index contributed by atoms with van der Waals surface area (Å²) in [6.07, 6.45) is 1.45. The number of nitrogens with zero attached hydrogens (tertiary/aromatic N) is 3. The van der Waals surface area contributed by atoms with Crippen LogP contribution < -0.4 is 10.6 Å². The van der Waals surface area contributed by atoms with Gasteiger partial charge in [-0.15, -0.1) is 5.10 Å². The molecule has 2 N–H and O–H groups in total. The highest BCUT2D eigenvalue weighted by molar-refractivity contribution is 6.31. The van der Waals surface area contributed by atoms with Crippen LogP contribution in [0.1, 0.15) is 0 Å². The molecular weight excluding hydrogens is 340 g/mol. The second kappa shape index (κ2) is 6.76. The Labute approximate surface area is 141 Å². The van der Waals surface area contributed by atoms with Crippen LogP contribution >= 0.6 is 23.2 Å². The maximum atomic E-state index is 13.2. The monoisotopic (exact) mass is 349 g/mol. The number of nitrogens with one attached hydrogen (secondary N) is 2. The van der Waals surface area contributed by atoms with Gasteiger partial charge in [0, 0.05) is 16.4 Å². The molecule has 0 spiro atoms. The van der Waals surface area contributed by atoms with Gasteiger partial charge in [-0.1, -0.05) is 23.2 Å². The second-order valence-corrected chi connectivity index (χ2v) is 5.39. The molecular formula is C15H10Cl2FN5. The molecule has 0 unspecified atom stereocenters. The Morgan fingerprint density at radius 1 is 0.913 bits per heavy atom. The van der Waals surface area contributed by atoms with Gasteiger partial charge in [-0.25, -0.2) is 4.39 Å². The summed E-state index contributed by atoms with van der Waals surface area (Å²) in [5, 5.41) is 14.4. The van der Waals surface area contributed by atoms with Gasteiger partial charge in [0.1, 0.15) is 5.82 Å². The Kier molecular flexibility index (Phi) is 4.55. The number of anilines is 4. The van der Waals surface area contributed by atoms with Gasteiger partial charge in [0.2, 0.25) is 5.95 Å². The van der Waals surface area contributed by atoms with E-state index in [-0.39, 0.29) is 5.02 Å². The van der Waals surface area contributed by atoms with E-state index in [0.29, 0.717) is 22.5 Å². The molecule has 0 aliphatic carbocycles. The summed E-state index contributed by atoms with van der Waals surface area (Å²) >= 11 is 11.6. The highest BCUT2D eigenvalue weighted by Gasteiger charge is 2.04. The van der Waals surface area contributed by atoms with Crippen molar-refractivity contribution in [1.82, 2.24) is 15.2 Å². The molecule has 0 amide bonds. The van der Waals surface area contributed by atoms with E-state index in [1.807, 2.05) is 0 Å². The third-order valence-corrected chi connectivity index (χ3v) is 3.39. The van der Waals surface area contributed by atoms with Crippen LogP contribution in [0.3, 0.4) is 0 Å². The van der Waals surface area contributed by atoms with Crippen molar-refractivity contribution in [3.8, 4) is 0 Å². The lowest BCUT2D eigenvalue weighted by atomic mass is 10.3. The van der Waals surface area contributed by atoms with Gasteiger partial charge in [0.05, 0.1) is 11.2 Å². The molecule has 8 heteroatoms. The molecule has 0 bridgehead atoms. The second-order valence-electron chi connectivity index (χ2n) is 4.55. The first-order chi connectivity index (χ1) is 11.1. The Hall–Kier alpha value is -2.44. The van der Waals surface area contributed by atoms with Crippen molar-refractivity contribution in [2.45, 2.75) is 0 Å². The molecule has 1 heterocycles.